The Balaban J connectivity index is 2.71. The molecule has 0 unspecified atom stereocenters. The molecule has 0 aliphatic heterocycles. The number of Topliss-reactive ketones (excluding diaryl/α,β-unsaturated/α-hetero) is 1. The van der Waals surface area contributed by atoms with Crippen LogP contribution in [0.5, 0.6) is 0 Å². The van der Waals surface area contributed by atoms with Crippen molar-refractivity contribution in [2.45, 2.75) is 0 Å². The number of carbonyl (C=O) groups excluding carboxylic acids is 3. The number of ether oxygens (including phenoxy) is 2. The smallest absolute Gasteiger partial charge is 0.405 e. The van der Waals surface area contributed by atoms with E-state index in [9.17, 15) is 14.4 Å². The fraction of sp³-hybridized carbons (Fsp3) is 0.200. The molecule has 2 rings (SSSR count). The lowest BCUT2D eigenvalue weighted by atomic mass is 10.0. The number of hydrogen-bond donors (Lipinski definition) is 0. The second kappa shape index (κ2) is 8.75. The molecular weight excluding hydrogens is 348 g/mol. The van der Waals surface area contributed by atoms with E-state index in [0.717, 1.165) is 12.8 Å². The van der Waals surface area contributed by atoms with Gasteiger partial charge in [-0.15, -0.1) is 0 Å². The molecule has 1 aromatic carbocycles. The number of aromatic nitrogens is 1. The number of esters is 2. The Morgan fingerprint density at radius 3 is 1.89 bits per heavy atom. The summed E-state index contributed by atoms with van der Waals surface area (Å²) in [5.41, 5.74) is 0.510. The fourth-order valence-corrected chi connectivity index (χ4v) is 2.43. The van der Waals surface area contributed by atoms with Crippen molar-refractivity contribution in [3.63, 3.8) is 0 Å². The predicted molar refractivity (Wildman–Crippen MR) is 99.0 cm³/mol. The summed E-state index contributed by atoms with van der Waals surface area (Å²) in [6.45, 7) is 0. The second-order valence-corrected chi connectivity index (χ2v) is 5.76. The Hall–Kier alpha value is -3.48. The summed E-state index contributed by atoms with van der Waals surface area (Å²) in [6, 6.07) is 11.7. The number of ketones is 1. The van der Waals surface area contributed by atoms with E-state index in [1.165, 1.54) is 11.7 Å². The van der Waals surface area contributed by atoms with Crippen molar-refractivity contribution in [2.75, 3.05) is 33.2 Å². The number of anilines is 1. The van der Waals surface area contributed by atoms with Crippen molar-refractivity contribution in [2.24, 2.45) is 0 Å². The quantitative estimate of drug-likeness (QED) is 0.192. The zero-order valence-electron chi connectivity index (χ0n) is 15.6. The molecule has 1 heterocycles. The minimum Gasteiger partial charge on any atom is -0.465 e. The first-order valence-electron chi connectivity index (χ1n) is 8.10. The highest BCUT2D eigenvalue weighted by molar-refractivity contribution is 6.32. The van der Waals surface area contributed by atoms with Gasteiger partial charge in [0, 0.05) is 37.5 Å². The van der Waals surface area contributed by atoms with Gasteiger partial charge in [-0.3, -0.25) is 4.79 Å². The molecule has 0 N–H and O–H groups in total. The van der Waals surface area contributed by atoms with Crippen LogP contribution in [0.15, 0.2) is 60.4 Å². The molecule has 7 nitrogen and oxygen atoms in total. The molecule has 0 radical (unpaired) electrons. The molecule has 1 aromatic heterocycles. The van der Waals surface area contributed by atoms with E-state index in [1.54, 1.807) is 54.9 Å². The Morgan fingerprint density at radius 1 is 0.852 bits per heavy atom. The van der Waals surface area contributed by atoms with Gasteiger partial charge in [0.1, 0.15) is 0 Å². The molecule has 27 heavy (non-hydrogen) atoms. The molecular formula is C20H21N2O5+. The third kappa shape index (κ3) is 4.38. The maximum atomic E-state index is 13.0. The number of nitrogens with zero attached hydrogens (tertiary/aromatic N) is 2. The molecule has 2 aromatic rings. The van der Waals surface area contributed by atoms with Gasteiger partial charge < -0.3 is 14.4 Å². The Kier molecular flexibility index (Phi) is 6.43. The first-order valence-corrected chi connectivity index (χ1v) is 8.10. The Bertz CT molecular complexity index is 871. The summed E-state index contributed by atoms with van der Waals surface area (Å²) in [5.74, 6) is -2.39. The molecule has 0 saturated heterocycles. The third-order valence-electron chi connectivity index (χ3n) is 3.85. The summed E-state index contributed by atoms with van der Waals surface area (Å²) in [6.07, 6.45) is 3.14. The van der Waals surface area contributed by atoms with Crippen LogP contribution in [-0.4, -0.2) is 46.0 Å². The third-order valence-corrected chi connectivity index (χ3v) is 3.85. The largest absolute Gasteiger partial charge is 0.465 e. The zero-order valence-corrected chi connectivity index (χ0v) is 15.6. The van der Waals surface area contributed by atoms with Crippen LogP contribution in [0.3, 0.4) is 0 Å². The van der Waals surface area contributed by atoms with Gasteiger partial charge in [0.25, 0.3) is 0 Å². The standard InChI is InChI=1S/C20H21N2O5/c1-21(2)15-10-12-22(13-11-15)17(20(25)27-4)16(19(24)26-3)18(23)14-8-6-5-7-9-14/h5-13H,1-4H3/q+1/b17-16+. The highest BCUT2D eigenvalue weighted by atomic mass is 16.5. The number of carbonyl (C=O) groups is 3. The minimum absolute atomic E-state index is 0.219. The highest BCUT2D eigenvalue weighted by Gasteiger charge is 2.36. The van der Waals surface area contributed by atoms with Gasteiger partial charge in [-0.05, 0) is 0 Å². The van der Waals surface area contributed by atoms with Crippen molar-refractivity contribution >= 4 is 29.1 Å². The van der Waals surface area contributed by atoms with Gasteiger partial charge in [0.2, 0.25) is 5.78 Å². The van der Waals surface area contributed by atoms with Gasteiger partial charge in [-0.1, -0.05) is 30.3 Å². The average molecular weight is 369 g/mol. The monoisotopic (exact) mass is 369 g/mol. The molecule has 0 atom stereocenters. The van der Waals surface area contributed by atoms with E-state index in [-0.39, 0.29) is 11.3 Å². The lowest BCUT2D eigenvalue weighted by molar-refractivity contribution is -0.578. The zero-order chi connectivity index (χ0) is 20.0. The van der Waals surface area contributed by atoms with Crippen molar-refractivity contribution in [3.05, 3.63) is 66.0 Å². The van der Waals surface area contributed by atoms with Gasteiger partial charge in [-0.25, -0.2) is 9.59 Å². The van der Waals surface area contributed by atoms with Gasteiger partial charge in [-0.2, -0.15) is 4.57 Å². The minimum atomic E-state index is -0.923. The Labute approximate surface area is 157 Å². The van der Waals surface area contributed by atoms with Crippen LogP contribution in [0.1, 0.15) is 10.4 Å². The van der Waals surface area contributed by atoms with Gasteiger partial charge >= 0.3 is 17.6 Å². The molecule has 0 spiro atoms. The second-order valence-electron chi connectivity index (χ2n) is 5.76. The summed E-state index contributed by atoms with van der Waals surface area (Å²) >= 11 is 0. The van der Waals surface area contributed by atoms with E-state index in [1.807, 2.05) is 19.0 Å². The molecule has 0 aliphatic carbocycles. The molecule has 140 valence electrons. The van der Waals surface area contributed by atoms with Gasteiger partial charge in [0.15, 0.2) is 18.0 Å². The number of rotatable bonds is 6. The maximum Gasteiger partial charge on any atom is 0.405 e. The van der Waals surface area contributed by atoms with E-state index in [4.69, 9.17) is 9.47 Å². The van der Waals surface area contributed by atoms with Crippen LogP contribution in [0.25, 0.3) is 5.70 Å². The molecule has 0 saturated carbocycles. The van der Waals surface area contributed by atoms with E-state index < -0.39 is 23.3 Å². The maximum absolute atomic E-state index is 13.0. The number of benzene rings is 1. The van der Waals surface area contributed by atoms with Crippen molar-refractivity contribution in [1.82, 2.24) is 0 Å². The number of pyridine rings is 1. The first-order chi connectivity index (χ1) is 12.9. The summed E-state index contributed by atoms with van der Waals surface area (Å²) in [7, 11) is 6.07. The molecule has 0 aliphatic rings. The normalized spacial score (nSPS) is 11.3. The molecule has 0 amide bonds. The van der Waals surface area contributed by atoms with E-state index >= 15 is 0 Å². The van der Waals surface area contributed by atoms with Gasteiger partial charge in [0.05, 0.1) is 14.2 Å². The Morgan fingerprint density at radius 2 is 1.41 bits per heavy atom. The lowest BCUT2D eigenvalue weighted by Crippen LogP contribution is -2.40. The lowest BCUT2D eigenvalue weighted by Gasteiger charge is -2.11. The SMILES string of the molecule is COC(=O)/C(C(=O)c1ccccc1)=C(\C(=O)OC)[n+]1ccc(N(C)C)cc1. The van der Waals surface area contributed by atoms with Crippen LogP contribution in [0.4, 0.5) is 5.69 Å². The predicted octanol–water partition coefficient (Wildman–Crippen LogP) is 1.48. The highest BCUT2D eigenvalue weighted by Crippen LogP contribution is 2.17. The first kappa shape index (κ1) is 19.8. The van der Waals surface area contributed by atoms with E-state index in [0.29, 0.717) is 0 Å². The van der Waals surface area contributed by atoms with Crippen molar-refractivity contribution in [3.8, 4) is 0 Å². The van der Waals surface area contributed by atoms with E-state index in [2.05, 4.69) is 0 Å². The van der Waals surface area contributed by atoms with Crippen molar-refractivity contribution < 1.29 is 28.4 Å². The van der Waals surface area contributed by atoms with Crippen LogP contribution >= 0.6 is 0 Å². The van der Waals surface area contributed by atoms with Crippen LogP contribution < -0.4 is 9.47 Å². The molecule has 0 fully saturated rings. The molecule has 7 heteroatoms. The van der Waals surface area contributed by atoms with Crippen LogP contribution in [0, 0.1) is 0 Å². The molecule has 0 bridgehead atoms. The summed E-state index contributed by atoms with van der Waals surface area (Å²) in [5, 5.41) is 0. The number of methoxy groups -OCH3 is 2. The fourth-order valence-electron chi connectivity index (χ4n) is 2.43. The summed E-state index contributed by atoms with van der Waals surface area (Å²) in [4.78, 5) is 39.7. The van der Waals surface area contributed by atoms with Crippen molar-refractivity contribution in [1.29, 1.82) is 0 Å². The average Bonchev–Trinajstić information content (AvgIpc) is 2.71. The number of hydrogen-bond acceptors (Lipinski definition) is 6. The van der Waals surface area contributed by atoms with Crippen LogP contribution in [0.2, 0.25) is 0 Å². The summed E-state index contributed by atoms with van der Waals surface area (Å²) < 4.78 is 11.0. The van der Waals surface area contributed by atoms with Crippen LogP contribution in [-0.2, 0) is 19.1 Å². The topological polar surface area (TPSA) is 76.8 Å².